The van der Waals surface area contributed by atoms with E-state index >= 15 is 0 Å². The Morgan fingerprint density at radius 1 is 1.45 bits per heavy atom. The molecule has 2 rings (SSSR count). The zero-order chi connectivity index (χ0) is 16.3. The highest BCUT2D eigenvalue weighted by Gasteiger charge is 2.27. The highest BCUT2D eigenvalue weighted by molar-refractivity contribution is 5.95. The monoisotopic (exact) mass is 307 g/mol. The molecule has 1 aliphatic heterocycles. The molecule has 1 N–H and O–H groups in total. The number of pyridine rings is 1. The minimum atomic E-state index is -0.830. The Bertz CT molecular complexity index is 608. The molecule has 0 saturated carbocycles. The number of carboxylic acids is 1. The van der Waals surface area contributed by atoms with Crippen molar-refractivity contribution in [3.63, 3.8) is 0 Å². The van der Waals surface area contributed by atoms with Gasteiger partial charge in [-0.3, -0.25) is 24.7 Å². The molecule has 1 aromatic heterocycles. The fraction of sp³-hybridized carbons (Fsp3) is 0.500. The van der Waals surface area contributed by atoms with Gasteiger partial charge in [0.2, 0.25) is 0 Å². The minimum absolute atomic E-state index is 0.0749. The van der Waals surface area contributed by atoms with Crippen LogP contribution in [0.4, 0.5) is 5.69 Å². The average Bonchev–Trinajstić information content (AvgIpc) is 2.47. The average molecular weight is 307 g/mol. The van der Waals surface area contributed by atoms with E-state index in [0.29, 0.717) is 31.6 Å². The van der Waals surface area contributed by atoms with Gasteiger partial charge in [0.25, 0.3) is 11.6 Å². The minimum Gasteiger partial charge on any atom is -0.481 e. The van der Waals surface area contributed by atoms with Crippen molar-refractivity contribution in [1.29, 1.82) is 0 Å². The highest BCUT2D eigenvalue weighted by Crippen LogP contribution is 2.23. The van der Waals surface area contributed by atoms with Crippen LogP contribution in [0.3, 0.4) is 0 Å². The third kappa shape index (κ3) is 3.57. The Kier molecular flexibility index (Phi) is 4.69. The number of aliphatic carboxylic acids is 1. The van der Waals surface area contributed by atoms with Crippen LogP contribution in [0.1, 0.15) is 35.3 Å². The quantitative estimate of drug-likeness (QED) is 0.668. The van der Waals surface area contributed by atoms with Gasteiger partial charge in [0.05, 0.1) is 16.2 Å². The van der Waals surface area contributed by atoms with Crippen LogP contribution in [0.5, 0.6) is 0 Å². The fourth-order valence-corrected chi connectivity index (χ4v) is 2.60. The third-order valence-electron chi connectivity index (χ3n) is 3.88. The van der Waals surface area contributed by atoms with Gasteiger partial charge in [0.1, 0.15) is 6.20 Å². The molecule has 1 fully saturated rings. The number of aryl methyl sites for hydroxylation is 1. The van der Waals surface area contributed by atoms with Crippen LogP contribution >= 0.6 is 0 Å². The number of nitrogens with zero attached hydrogens (tertiary/aromatic N) is 3. The molecule has 118 valence electrons. The molecular formula is C14H17N3O5. The van der Waals surface area contributed by atoms with Gasteiger partial charge >= 0.3 is 5.97 Å². The van der Waals surface area contributed by atoms with E-state index in [0.717, 1.165) is 6.20 Å². The molecule has 0 bridgehead atoms. The Balaban J connectivity index is 2.08. The Labute approximate surface area is 126 Å². The Morgan fingerprint density at radius 2 is 2.09 bits per heavy atom. The Hall–Kier alpha value is -2.51. The van der Waals surface area contributed by atoms with E-state index < -0.39 is 10.9 Å². The van der Waals surface area contributed by atoms with E-state index in [4.69, 9.17) is 5.11 Å². The SMILES string of the molecule is Cc1ncc([N+](=O)[O-])cc1C(=O)N1CCC(CC(=O)O)CC1. The largest absolute Gasteiger partial charge is 0.481 e. The number of hydrogen-bond donors (Lipinski definition) is 1. The normalized spacial score (nSPS) is 15.6. The van der Waals surface area contributed by atoms with Crippen molar-refractivity contribution in [3.05, 3.63) is 33.6 Å². The van der Waals surface area contributed by atoms with Crippen molar-refractivity contribution in [2.75, 3.05) is 13.1 Å². The molecule has 2 heterocycles. The summed E-state index contributed by atoms with van der Waals surface area (Å²) in [5.74, 6) is -1.04. The van der Waals surface area contributed by atoms with Crippen molar-refractivity contribution in [2.45, 2.75) is 26.2 Å². The molecule has 22 heavy (non-hydrogen) atoms. The van der Waals surface area contributed by atoms with Crippen LogP contribution in [0.15, 0.2) is 12.3 Å². The molecule has 1 saturated heterocycles. The summed E-state index contributed by atoms with van der Waals surface area (Å²) < 4.78 is 0. The van der Waals surface area contributed by atoms with Gasteiger partial charge in [-0.15, -0.1) is 0 Å². The van der Waals surface area contributed by atoms with Crippen molar-refractivity contribution >= 4 is 17.6 Å². The van der Waals surface area contributed by atoms with E-state index in [1.165, 1.54) is 6.07 Å². The first-order chi connectivity index (χ1) is 10.4. The molecule has 0 radical (unpaired) electrons. The van der Waals surface area contributed by atoms with Gasteiger partial charge in [-0.1, -0.05) is 0 Å². The van der Waals surface area contributed by atoms with Gasteiger partial charge in [-0.25, -0.2) is 0 Å². The lowest BCUT2D eigenvalue weighted by molar-refractivity contribution is -0.385. The molecule has 0 spiro atoms. The number of aromatic nitrogens is 1. The Morgan fingerprint density at radius 3 is 2.64 bits per heavy atom. The second-order valence-corrected chi connectivity index (χ2v) is 5.42. The lowest BCUT2D eigenvalue weighted by atomic mass is 9.93. The first-order valence-corrected chi connectivity index (χ1v) is 7.00. The second-order valence-electron chi connectivity index (χ2n) is 5.42. The van der Waals surface area contributed by atoms with Crippen molar-refractivity contribution in [3.8, 4) is 0 Å². The van der Waals surface area contributed by atoms with Crippen LogP contribution in [-0.4, -0.2) is 44.9 Å². The molecular weight excluding hydrogens is 290 g/mol. The van der Waals surface area contributed by atoms with Crippen LogP contribution in [0.25, 0.3) is 0 Å². The molecule has 8 nitrogen and oxygen atoms in total. The number of likely N-dealkylation sites (tertiary alicyclic amines) is 1. The fourth-order valence-electron chi connectivity index (χ4n) is 2.60. The predicted octanol–water partition coefficient (Wildman–Crippen LogP) is 1.63. The van der Waals surface area contributed by atoms with Crippen LogP contribution in [0, 0.1) is 23.0 Å². The summed E-state index contributed by atoms with van der Waals surface area (Å²) in [5.41, 5.74) is 0.462. The van der Waals surface area contributed by atoms with Crippen molar-refractivity contribution in [1.82, 2.24) is 9.88 Å². The number of carbonyl (C=O) groups is 2. The summed E-state index contributed by atoms with van der Waals surface area (Å²) in [7, 11) is 0. The number of carboxylic acid groups (broad SMARTS) is 1. The van der Waals surface area contributed by atoms with Crippen molar-refractivity contribution < 1.29 is 19.6 Å². The standard InChI is InChI=1S/C14H17N3O5/c1-9-12(7-11(8-15-9)17(21)22)14(20)16-4-2-10(3-5-16)6-13(18)19/h7-8,10H,2-6H2,1H3,(H,18,19). The van der Waals surface area contributed by atoms with E-state index in [-0.39, 0.29) is 29.5 Å². The lowest BCUT2D eigenvalue weighted by Crippen LogP contribution is -2.39. The molecule has 8 heteroatoms. The zero-order valence-electron chi connectivity index (χ0n) is 12.2. The number of nitro groups is 1. The van der Waals surface area contributed by atoms with E-state index in [1.807, 2.05) is 0 Å². The lowest BCUT2D eigenvalue weighted by Gasteiger charge is -2.31. The maximum atomic E-state index is 12.5. The van der Waals surface area contributed by atoms with Gasteiger partial charge in [0, 0.05) is 25.6 Å². The predicted molar refractivity (Wildman–Crippen MR) is 76.5 cm³/mol. The number of amides is 1. The number of rotatable bonds is 4. The second kappa shape index (κ2) is 6.50. The molecule has 1 amide bonds. The van der Waals surface area contributed by atoms with Crippen LogP contribution < -0.4 is 0 Å². The topological polar surface area (TPSA) is 114 Å². The summed E-state index contributed by atoms with van der Waals surface area (Å²) in [5, 5.41) is 19.6. The maximum absolute atomic E-state index is 12.5. The molecule has 0 atom stereocenters. The number of piperidine rings is 1. The summed E-state index contributed by atoms with van der Waals surface area (Å²) in [4.78, 5) is 38.9. The third-order valence-corrected chi connectivity index (χ3v) is 3.88. The summed E-state index contributed by atoms with van der Waals surface area (Å²) >= 11 is 0. The van der Waals surface area contributed by atoms with Crippen LogP contribution in [0.2, 0.25) is 0 Å². The van der Waals surface area contributed by atoms with Gasteiger partial charge < -0.3 is 10.0 Å². The first-order valence-electron chi connectivity index (χ1n) is 7.00. The van der Waals surface area contributed by atoms with E-state index in [1.54, 1.807) is 11.8 Å². The smallest absolute Gasteiger partial charge is 0.303 e. The molecule has 1 aromatic rings. The van der Waals surface area contributed by atoms with E-state index in [2.05, 4.69) is 4.98 Å². The van der Waals surface area contributed by atoms with Crippen LogP contribution in [-0.2, 0) is 4.79 Å². The van der Waals surface area contributed by atoms with Crippen molar-refractivity contribution in [2.24, 2.45) is 5.92 Å². The number of carbonyl (C=O) groups excluding carboxylic acids is 1. The summed E-state index contributed by atoms with van der Waals surface area (Å²) in [6.45, 7) is 2.55. The van der Waals surface area contributed by atoms with E-state index in [9.17, 15) is 19.7 Å². The number of hydrogen-bond acceptors (Lipinski definition) is 5. The summed E-state index contributed by atoms with van der Waals surface area (Å²) in [6, 6.07) is 1.24. The van der Waals surface area contributed by atoms with Gasteiger partial charge in [-0.05, 0) is 25.7 Å². The maximum Gasteiger partial charge on any atom is 0.303 e. The molecule has 0 aliphatic carbocycles. The highest BCUT2D eigenvalue weighted by atomic mass is 16.6. The molecule has 0 unspecified atom stereocenters. The molecule has 0 aromatic carbocycles. The molecule has 1 aliphatic rings. The zero-order valence-corrected chi connectivity index (χ0v) is 12.2. The summed E-state index contributed by atoms with van der Waals surface area (Å²) in [6.07, 6.45) is 2.49. The first kappa shape index (κ1) is 15.9. The van der Waals surface area contributed by atoms with Gasteiger partial charge in [-0.2, -0.15) is 0 Å². The van der Waals surface area contributed by atoms with Gasteiger partial charge in [0.15, 0.2) is 0 Å².